The second-order valence-corrected chi connectivity index (χ2v) is 4.99. The van der Waals surface area contributed by atoms with Gasteiger partial charge in [-0.3, -0.25) is 0 Å². The highest BCUT2D eigenvalue weighted by Crippen LogP contribution is 2.37. The minimum absolute atomic E-state index is 0.0225. The van der Waals surface area contributed by atoms with Gasteiger partial charge in [-0.2, -0.15) is 8.78 Å². The number of anilines is 1. The van der Waals surface area contributed by atoms with E-state index in [2.05, 4.69) is 15.0 Å². The first-order valence-electron chi connectivity index (χ1n) is 6.18. The van der Waals surface area contributed by atoms with Gasteiger partial charge >= 0.3 is 6.61 Å². The van der Waals surface area contributed by atoms with Crippen molar-refractivity contribution in [1.29, 1.82) is 0 Å². The van der Waals surface area contributed by atoms with E-state index in [4.69, 9.17) is 23.2 Å². The van der Waals surface area contributed by atoms with E-state index < -0.39 is 6.61 Å². The smallest absolute Gasteiger partial charge is 0.387 e. The number of hydrogen-bond acceptors (Lipinski definition) is 3. The van der Waals surface area contributed by atoms with E-state index in [9.17, 15) is 8.78 Å². The summed E-state index contributed by atoms with van der Waals surface area (Å²) in [6, 6.07) is 2.97. The van der Waals surface area contributed by atoms with Gasteiger partial charge in [0.2, 0.25) is 0 Å². The van der Waals surface area contributed by atoms with Crippen LogP contribution in [-0.4, -0.2) is 16.2 Å². The molecule has 0 radical (unpaired) electrons. The molecule has 1 aromatic heterocycles. The van der Waals surface area contributed by atoms with Crippen LogP contribution < -0.4 is 10.1 Å². The van der Waals surface area contributed by atoms with Crippen molar-refractivity contribution in [2.24, 2.45) is 0 Å². The number of rotatable bonds is 6. The lowest BCUT2D eigenvalue weighted by atomic mass is 10.3. The van der Waals surface area contributed by atoms with Gasteiger partial charge in [0.05, 0.1) is 28.6 Å². The van der Waals surface area contributed by atoms with Gasteiger partial charge < -0.3 is 14.6 Å². The van der Waals surface area contributed by atoms with Crippen LogP contribution in [0.4, 0.5) is 14.5 Å². The molecule has 0 unspecified atom stereocenters. The third kappa shape index (κ3) is 3.98. The van der Waals surface area contributed by atoms with Gasteiger partial charge in [-0.15, -0.1) is 0 Å². The van der Waals surface area contributed by atoms with Crippen LogP contribution in [0.3, 0.4) is 0 Å². The molecule has 2 aromatic rings. The highest BCUT2D eigenvalue weighted by molar-refractivity contribution is 6.37. The van der Waals surface area contributed by atoms with E-state index in [0.29, 0.717) is 12.2 Å². The Bertz CT molecular complexity index is 596. The van der Waals surface area contributed by atoms with Crippen molar-refractivity contribution in [3.05, 3.63) is 40.4 Å². The van der Waals surface area contributed by atoms with Crippen LogP contribution >= 0.6 is 23.2 Å². The molecule has 0 atom stereocenters. The maximum Gasteiger partial charge on any atom is 0.387 e. The predicted octanol–water partition coefficient (Wildman–Crippen LogP) is 4.42. The highest BCUT2D eigenvalue weighted by Gasteiger charge is 2.14. The van der Waals surface area contributed by atoms with Crippen molar-refractivity contribution in [3.63, 3.8) is 0 Å². The first kappa shape index (κ1) is 15.9. The minimum Gasteiger partial charge on any atom is -0.432 e. The molecule has 0 fully saturated rings. The first-order valence-corrected chi connectivity index (χ1v) is 6.93. The third-order valence-electron chi connectivity index (χ3n) is 2.82. The zero-order valence-corrected chi connectivity index (χ0v) is 12.6. The van der Waals surface area contributed by atoms with Crippen molar-refractivity contribution in [2.75, 3.05) is 5.32 Å². The molecule has 0 aliphatic carbocycles. The summed E-state index contributed by atoms with van der Waals surface area (Å²) in [4.78, 5) is 4.05. The maximum absolute atomic E-state index is 12.2. The van der Waals surface area contributed by atoms with Crippen molar-refractivity contribution >= 4 is 28.9 Å². The molecule has 2 rings (SSSR count). The molecule has 1 aromatic carbocycles. The number of nitrogens with zero attached hydrogens (tertiary/aromatic N) is 2. The molecule has 0 saturated carbocycles. The molecular weight excluding hydrogens is 323 g/mol. The van der Waals surface area contributed by atoms with E-state index >= 15 is 0 Å². The van der Waals surface area contributed by atoms with Gasteiger partial charge in [0.25, 0.3) is 0 Å². The molecule has 0 amide bonds. The lowest BCUT2D eigenvalue weighted by Gasteiger charge is -2.13. The number of nitrogens with one attached hydrogen (secondary N) is 1. The van der Waals surface area contributed by atoms with Crippen LogP contribution in [0, 0.1) is 0 Å². The van der Waals surface area contributed by atoms with Crippen LogP contribution in [0.25, 0.3) is 0 Å². The molecule has 1 heterocycles. The summed E-state index contributed by atoms with van der Waals surface area (Å²) in [5, 5.41) is 3.16. The molecule has 8 heteroatoms. The Labute approximate surface area is 130 Å². The van der Waals surface area contributed by atoms with Crippen molar-refractivity contribution in [2.45, 2.75) is 26.6 Å². The number of halogens is 4. The monoisotopic (exact) mass is 335 g/mol. The van der Waals surface area contributed by atoms with E-state index in [-0.39, 0.29) is 15.8 Å². The molecule has 21 heavy (non-hydrogen) atoms. The fraction of sp³-hybridized carbons (Fsp3) is 0.308. The Morgan fingerprint density at radius 2 is 2.00 bits per heavy atom. The molecule has 0 aliphatic rings. The Hall–Kier alpha value is -1.53. The molecular formula is C13H13Cl2F2N3O. The number of aromatic nitrogens is 2. The number of aryl methyl sites for hydroxylation is 1. The molecule has 0 saturated heterocycles. The van der Waals surface area contributed by atoms with Gasteiger partial charge in [-0.25, -0.2) is 4.98 Å². The quantitative estimate of drug-likeness (QED) is 0.849. The van der Waals surface area contributed by atoms with Gasteiger partial charge in [0.1, 0.15) is 0 Å². The minimum atomic E-state index is -2.97. The highest BCUT2D eigenvalue weighted by atomic mass is 35.5. The fourth-order valence-corrected chi connectivity index (χ4v) is 2.41. The van der Waals surface area contributed by atoms with E-state index in [1.165, 1.54) is 12.1 Å². The summed E-state index contributed by atoms with van der Waals surface area (Å²) < 4.78 is 30.7. The fourth-order valence-electron chi connectivity index (χ4n) is 1.84. The number of ether oxygens (including phenoxy) is 1. The van der Waals surface area contributed by atoms with E-state index in [1.54, 1.807) is 12.5 Å². The topological polar surface area (TPSA) is 39.1 Å². The SMILES string of the molecule is CCn1cncc1CNc1cc(Cl)c(OC(F)F)c(Cl)c1. The Balaban J connectivity index is 2.11. The maximum atomic E-state index is 12.2. The molecule has 0 aliphatic heterocycles. The lowest BCUT2D eigenvalue weighted by molar-refractivity contribution is -0.0497. The van der Waals surface area contributed by atoms with Gasteiger partial charge in [0, 0.05) is 18.4 Å². The normalized spacial score (nSPS) is 11.0. The standard InChI is InChI=1S/C13H13Cl2F2N3O/c1-2-20-7-18-5-9(20)6-19-8-3-10(14)12(11(15)4-8)21-13(16)17/h3-5,7,13,19H,2,6H2,1H3. The van der Waals surface area contributed by atoms with Crippen LogP contribution in [0.1, 0.15) is 12.6 Å². The van der Waals surface area contributed by atoms with Crippen molar-refractivity contribution < 1.29 is 13.5 Å². The van der Waals surface area contributed by atoms with Crippen LogP contribution in [0.2, 0.25) is 10.0 Å². The second kappa shape index (κ2) is 6.95. The summed E-state index contributed by atoms with van der Waals surface area (Å²) in [7, 11) is 0. The number of benzene rings is 1. The second-order valence-electron chi connectivity index (χ2n) is 4.17. The zero-order chi connectivity index (χ0) is 15.4. The van der Waals surface area contributed by atoms with Crippen molar-refractivity contribution in [3.8, 4) is 5.75 Å². The first-order chi connectivity index (χ1) is 10.0. The van der Waals surface area contributed by atoms with Gasteiger partial charge in [0.15, 0.2) is 5.75 Å². The number of hydrogen-bond donors (Lipinski definition) is 1. The van der Waals surface area contributed by atoms with E-state index in [0.717, 1.165) is 12.2 Å². The van der Waals surface area contributed by atoms with Crippen molar-refractivity contribution in [1.82, 2.24) is 9.55 Å². The third-order valence-corrected chi connectivity index (χ3v) is 3.38. The molecule has 1 N–H and O–H groups in total. The molecule has 0 spiro atoms. The van der Waals surface area contributed by atoms with Crippen LogP contribution in [-0.2, 0) is 13.1 Å². The predicted molar refractivity (Wildman–Crippen MR) is 78.3 cm³/mol. The van der Waals surface area contributed by atoms with Gasteiger partial charge in [-0.05, 0) is 19.1 Å². The Morgan fingerprint density at radius 3 is 2.57 bits per heavy atom. The van der Waals surface area contributed by atoms with Crippen LogP contribution in [0.5, 0.6) is 5.75 Å². The molecule has 0 bridgehead atoms. The van der Waals surface area contributed by atoms with E-state index in [1.807, 2.05) is 11.5 Å². The summed E-state index contributed by atoms with van der Waals surface area (Å²) in [6.45, 7) is 0.350. The number of alkyl halides is 2. The molecule has 114 valence electrons. The Kier molecular flexibility index (Phi) is 5.25. The summed E-state index contributed by atoms with van der Waals surface area (Å²) >= 11 is 11.8. The average molecular weight is 336 g/mol. The molecule has 4 nitrogen and oxygen atoms in total. The zero-order valence-electron chi connectivity index (χ0n) is 11.1. The number of imidazole rings is 1. The van der Waals surface area contributed by atoms with Crippen LogP contribution in [0.15, 0.2) is 24.7 Å². The summed E-state index contributed by atoms with van der Waals surface area (Å²) in [5.41, 5.74) is 1.59. The lowest BCUT2D eigenvalue weighted by Crippen LogP contribution is -2.07. The summed E-state index contributed by atoms with van der Waals surface area (Å²) in [5.74, 6) is -0.225. The average Bonchev–Trinajstić information content (AvgIpc) is 2.87. The Morgan fingerprint density at radius 1 is 1.33 bits per heavy atom. The van der Waals surface area contributed by atoms with Gasteiger partial charge in [-0.1, -0.05) is 23.2 Å². The largest absolute Gasteiger partial charge is 0.432 e. The summed E-state index contributed by atoms with van der Waals surface area (Å²) in [6.07, 6.45) is 3.48.